The van der Waals surface area contributed by atoms with E-state index < -0.39 is 0 Å². The van der Waals surface area contributed by atoms with E-state index in [4.69, 9.17) is 4.42 Å². The number of hydrogen-bond acceptors (Lipinski definition) is 2. The van der Waals surface area contributed by atoms with Crippen molar-refractivity contribution in [3.8, 4) is 16.8 Å². The Hall–Kier alpha value is -6.06. The Bertz CT molecular complexity index is 2970. The Balaban J connectivity index is 0.946. The van der Waals surface area contributed by atoms with E-state index in [0.29, 0.717) is 5.41 Å². The highest BCUT2D eigenvalue weighted by Crippen LogP contribution is 2.80. The second-order valence-electron chi connectivity index (χ2n) is 17.5. The summed E-state index contributed by atoms with van der Waals surface area (Å²) in [4.78, 5) is 2.47. The van der Waals surface area contributed by atoms with Gasteiger partial charge in [-0.15, -0.1) is 0 Å². The van der Waals surface area contributed by atoms with Gasteiger partial charge in [0.05, 0.1) is 16.7 Å². The summed E-state index contributed by atoms with van der Waals surface area (Å²) in [6, 6.07) is 60.4. The van der Waals surface area contributed by atoms with Crippen molar-refractivity contribution in [2.45, 2.75) is 43.9 Å². The molecule has 5 fully saturated rings. The fourth-order valence-electron chi connectivity index (χ4n) is 12.7. The molecule has 270 valence electrons. The number of hydrogen-bond donors (Lipinski definition) is 0. The summed E-state index contributed by atoms with van der Waals surface area (Å²) in [5, 5.41) is 4.85. The van der Waals surface area contributed by atoms with Crippen molar-refractivity contribution in [3.05, 3.63) is 169 Å². The molecule has 0 unspecified atom stereocenters. The zero-order valence-electron chi connectivity index (χ0n) is 31.4. The first kappa shape index (κ1) is 31.2. The zero-order chi connectivity index (χ0) is 36.6. The number of nitrogens with zero attached hydrogens (tertiary/aromatic N) is 2. The molecule has 2 bridgehead atoms. The van der Waals surface area contributed by atoms with Crippen molar-refractivity contribution < 1.29 is 4.42 Å². The summed E-state index contributed by atoms with van der Waals surface area (Å²) in [7, 11) is 0. The zero-order valence-corrected chi connectivity index (χ0v) is 31.4. The van der Waals surface area contributed by atoms with E-state index in [9.17, 15) is 0 Å². The molecule has 5 aliphatic rings. The van der Waals surface area contributed by atoms with E-state index in [1.165, 1.54) is 82.8 Å². The second kappa shape index (κ2) is 11.3. The molecule has 3 heteroatoms. The fraction of sp³-hybridized carbons (Fsp3) is 0.208. The van der Waals surface area contributed by atoms with Crippen LogP contribution in [0.5, 0.6) is 0 Å². The third kappa shape index (κ3) is 4.13. The van der Waals surface area contributed by atoms with Gasteiger partial charge in [0.1, 0.15) is 11.2 Å². The highest BCUT2D eigenvalue weighted by atomic mass is 16.3. The monoisotopic (exact) mass is 722 g/mol. The standard InChI is InChI=1S/C53H42N2O/c1-5-16-47(55-48-17-6-2-13-43(48)44-14-3-7-18-49(44)55)42(12-1)34-20-22-39(23-21-34)54(41-24-25-51-46(31-41)45-15-4-8-19-50(45)56-51)40-11-9-10-35(30-40)52-26-27-53-36(28-37(53)32-52)29-38(53)33-52/h1-25,30-31,36-38H,26-29,32-33H2/t36?,37-,38-,52?,53?/m0/s1. The van der Waals surface area contributed by atoms with Gasteiger partial charge in [0.2, 0.25) is 0 Å². The molecule has 5 saturated carbocycles. The number of aromatic nitrogens is 1. The molecule has 2 heterocycles. The summed E-state index contributed by atoms with van der Waals surface area (Å²) in [6.45, 7) is 0. The number of rotatable bonds is 6. The maximum atomic E-state index is 6.31. The second-order valence-corrected chi connectivity index (χ2v) is 17.5. The number of anilines is 3. The Morgan fingerprint density at radius 2 is 1.14 bits per heavy atom. The summed E-state index contributed by atoms with van der Waals surface area (Å²) >= 11 is 0. The van der Waals surface area contributed by atoms with Crippen LogP contribution in [0.25, 0.3) is 60.6 Å². The quantitative estimate of drug-likeness (QED) is 0.170. The molecule has 56 heavy (non-hydrogen) atoms. The van der Waals surface area contributed by atoms with Gasteiger partial charge in [0.15, 0.2) is 0 Å². The van der Waals surface area contributed by atoms with Crippen LogP contribution in [0.15, 0.2) is 168 Å². The molecular weight excluding hydrogens is 681 g/mol. The average molecular weight is 723 g/mol. The number of fused-ring (bicyclic) bond motifs is 7. The lowest BCUT2D eigenvalue weighted by Gasteiger charge is -2.78. The van der Waals surface area contributed by atoms with E-state index in [2.05, 4.69) is 173 Å². The summed E-state index contributed by atoms with van der Waals surface area (Å²) in [5.41, 5.74) is 14.0. The van der Waals surface area contributed by atoms with Crippen LogP contribution < -0.4 is 4.90 Å². The lowest BCUT2D eigenvalue weighted by molar-refractivity contribution is -0.273. The minimum atomic E-state index is 0.315. The predicted molar refractivity (Wildman–Crippen MR) is 230 cm³/mol. The normalized spacial score (nSPS) is 24.7. The van der Waals surface area contributed by atoms with Gasteiger partial charge in [-0.05, 0) is 145 Å². The van der Waals surface area contributed by atoms with Gasteiger partial charge in [-0.1, -0.05) is 97.1 Å². The highest BCUT2D eigenvalue weighted by molar-refractivity contribution is 6.10. The van der Waals surface area contributed by atoms with Crippen molar-refractivity contribution in [2.75, 3.05) is 4.90 Å². The van der Waals surface area contributed by atoms with Gasteiger partial charge in [-0.2, -0.15) is 0 Å². The van der Waals surface area contributed by atoms with Gasteiger partial charge in [0, 0.05) is 44.2 Å². The van der Waals surface area contributed by atoms with Gasteiger partial charge >= 0.3 is 0 Å². The van der Waals surface area contributed by atoms with Crippen LogP contribution in [0.4, 0.5) is 17.1 Å². The first-order chi connectivity index (χ1) is 27.7. The largest absolute Gasteiger partial charge is 0.456 e. The minimum Gasteiger partial charge on any atom is -0.456 e. The third-order valence-electron chi connectivity index (χ3n) is 15.2. The molecule has 3 nitrogen and oxygen atoms in total. The molecule has 7 aromatic carbocycles. The molecule has 2 aromatic heterocycles. The third-order valence-corrected chi connectivity index (χ3v) is 15.2. The van der Waals surface area contributed by atoms with Crippen LogP contribution in [0.1, 0.15) is 44.1 Å². The molecule has 1 spiro atoms. The highest BCUT2D eigenvalue weighted by Gasteiger charge is 2.73. The van der Waals surface area contributed by atoms with Crippen molar-refractivity contribution in [1.29, 1.82) is 0 Å². The molecule has 0 amide bonds. The number of furan rings is 1. The van der Waals surface area contributed by atoms with Crippen LogP contribution in [0.2, 0.25) is 0 Å². The van der Waals surface area contributed by atoms with Crippen molar-refractivity contribution in [3.63, 3.8) is 0 Å². The summed E-state index contributed by atoms with van der Waals surface area (Å²) < 4.78 is 8.74. The Kier molecular flexibility index (Phi) is 6.27. The van der Waals surface area contributed by atoms with E-state index in [1.807, 2.05) is 0 Å². The van der Waals surface area contributed by atoms with Crippen molar-refractivity contribution in [2.24, 2.45) is 23.2 Å². The minimum absolute atomic E-state index is 0.315. The first-order valence-electron chi connectivity index (χ1n) is 20.7. The maximum Gasteiger partial charge on any atom is 0.135 e. The predicted octanol–water partition coefficient (Wildman–Crippen LogP) is 14.3. The molecule has 9 aromatic rings. The topological polar surface area (TPSA) is 21.3 Å². The Morgan fingerprint density at radius 1 is 0.500 bits per heavy atom. The lowest BCUT2D eigenvalue weighted by Crippen LogP contribution is -2.71. The molecular formula is C53H42N2O. The Labute approximate surface area is 326 Å². The summed E-state index contributed by atoms with van der Waals surface area (Å²) in [6.07, 6.45) is 8.53. The number of para-hydroxylation sites is 4. The van der Waals surface area contributed by atoms with Crippen molar-refractivity contribution in [1.82, 2.24) is 4.57 Å². The van der Waals surface area contributed by atoms with Crippen molar-refractivity contribution >= 4 is 60.8 Å². The average Bonchev–Trinajstić information content (AvgIpc) is 3.79. The van der Waals surface area contributed by atoms with Gasteiger partial charge in [-0.3, -0.25) is 0 Å². The van der Waals surface area contributed by atoms with Crippen LogP contribution in [-0.4, -0.2) is 4.57 Å². The molecule has 14 rings (SSSR count). The molecule has 0 radical (unpaired) electrons. The molecule has 2 atom stereocenters. The lowest BCUT2D eigenvalue weighted by atomic mass is 9.26. The smallest absolute Gasteiger partial charge is 0.135 e. The molecule has 0 saturated heterocycles. The van der Waals surface area contributed by atoms with Gasteiger partial charge in [-0.25, -0.2) is 0 Å². The SMILES string of the molecule is c1cc(N(c2ccc(-c3ccccc3-n3c4ccccc4c4ccccc43)cc2)c2ccc3oc4ccccc4c3c2)cc(C23CCC45C(C[C@H]4C2)C[C@H]5C3)c1. The van der Waals surface area contributed by atoms with Gasteiger partial charge < -0.3 is 13.9 Å². The first-order valence-corrected chi connectivity index (χ1v) is 20.7. The van der Waals surface area contributed by atoms with E-state index in [-0.39, 0.29) is 0 Å². The van der Waals surface area contributed by atoms with Crippen LogP contribution in [0.3, 0.4) is 0 Å². The van der Waals surface area contributed by atoms with E-state index in [1.54, 1.807) is 5.56 Å². The van der Waals surface area contributed by atoms with Crippen LogP contribution in [-0.2, 0) is 5.41 Å². The van der Waals surface area contributed by atoms with E-state index in [0.717, 1.165) is 56.5 Å². The number of benzene rings is 7. The van der Waals surface area contributed by atoms with Crippen LogP contribution in [0, 0.1) is 23.2 Å². The molecule has 5 aliphatic carbocycles. The van der Waals surface area contributed by atoms with Gasteiger partial charge in [0.25, 0.3) is 0 Å². The fourth-order valence-corrected chi connectivity index (χ4v) is 12.7. The van der Waals surface area contributed by atoms with Crippen LogP contribution >= 0.6 is 0 Å². The molecule has 0 aliphatic heterocycles. The van der Waals surface area contributed by atoms with E-state index >= 15 is 0 Å². The molecule has 0 N–H and O–H groups in total. The Morgan fingerprint density at radius 3 is 1.89 bits per heavy atom. The summed E-state index contributed by atoms with van der Waals surface area (Å²) in [5.74, 6) is 2.94. The maximum absolute atomic E-state index is 6.31.